The number of rotatable bonds is 1. The largest absolute Gasteiger partial charge is 0.263 e. The van der Waals surface area contributed by atoms with Crippen LogP contribution >= 0.6 is 34.8 Å². The highest BCUT2D eigenvalue weighted by Gasteiger charge is 2.14. The van der Waals surface area contributed by atoms with E-state index in [0.717, 1.165) is 0 Å². The fourth-order valence-electron chi connectivity index (χ4n) is 1.90. The first-order valence-electron chi connectivity index (χ1n) is 5.40. The minimum Gasteiger partial charge on any atom is -0.263 e. The molecule has 7 heteroatoms. The molecule has 4 nitrogen and oxygen atoms in total. The van der Waals surface area contributed by atoms with Crippen LogP contribution in [0, 0.1) is 6.92 Å². The Kier molecular flexibility index (Phi) is 3.09. The first-order chi connectivity index (χ1) is 9.06. The van der Waals surface area contributed by atoms with Crippen molar-refractivity contribution in [2.24, 2.45) is 0 Å². The number of benzene rings is 1. The number of fused-ring (bicyclic) bond motifs is 1. The van der Waals surface area contributed by atoms with Crippen LogP contribution in [-0.2, 0) is 0 Å². The van der Waals surface area contributed by atoms with Crippen molar-refractivity contribution in [3.05, 3.63) is 45.3 Å². The molecule has 0 aliphatic heterocycles. The first kappa shape index (κ1) is 12.7. The second-order valence-electron chi connectivity index (χ2n) is 3.97. The van der Waals surface area contributed by atoms with Crippen molar-refractivity contribution in [2.75, 3.05) is 0 Å². The molecule has 0 aliphatic rings. The van der Waals surface area contributed by atoms with Gasteiger partial charge in [-0.2, -0.15) is 0 Å². The zero-order chi connectivity index (χ0) is 13.6. The molecular formula is C12H7Cl3N4. The smallest absolute Gasteiger partial charge is 0.171 e. The summed E-state index contributed by atoms with van der Waals surface area (Å²) in [6.07, 6.45) is 0. The van der Waals surface area contributed by atoms with Gasteiger partial charge in [0.05, 0.1) is 5.02 Å². The van der Waals surface area contributed by atoms with Crippen molar-refractivity contribution < 1.29 is 0 Å². The van der Waals surface area contributed by atoms with E-state index in [2.05, 4.69) is 15.2 Å². The van der Waals surface area contributed by atoms with E-state index in [9.17, 15) is 0 Å². The summed E-state index contributed by atoms with van der Waals surface area (Å²) in [5, 5.41) is 9.72. The molecule has 3 rings (SSSR count). The van der Waals surface area contributed by atoms with Gasteiger partial charge >= 0.3 is 0 Å². The Bertz CT molecular complexity index is 782. The van der Waals surface area contributed by atoms with E-state index in [1.807, 2.05) is 6.92 Å². The van der Waals surface area contributed by atoms with Gasteiger partial charge in [0.1, 0.15) is 11.0 Å². The average Bonchev–Trinajstić information content (AvgIpc) is 2.76. The molecule has 96 valence electrons. The van der Waals surface area contributed by atoms with E-state index < -0.39 is 0 Å². The Morgan fingerprint density at radius 1 is 1.05 bits per heavy atom. The van der Waals surface area contributed by atoms with Crippen molar-refractivity contribution in [3.63, 3.8) is 0 Å². The van der Waals surface area contributed by atoms with Gasteiger partial charge in [0, 0.05) is 16.7 Å². The van der Waals surface area contributed by atoms with Gasteiger partial charge in [0.15, 0.2) is 11.5 Å². The maximum atomic E-state index is 6.19. The Hall–Kier alpha value is -1.36. The molecule has 0 bridgehead atoms. The van der Waals surface area contributed by atoms with Crippen LogP contribution in [-0.4, -0.2) is 19.6 Å². The molecule has 19 heavy (non-hydrogen) atoms. The lowest BCUT2D eigenvalue weighted by molar-refractivity contribution is 0.988. The van der Waals surface area contributed by atoms with Crippen molar-refractivity contribution in [2.45, 2.75) is 6.92 Å². The van der Waals surface area contributed by atoms with Crippen LogP contribution < -0.4 is 0 Å². The molecule has 0 aliphatic carbocycles. The van der Waals surface area contributed by atoms with Crippen LogP contribution in [0.4, 0.5) is 0 Å². The summed E-state index contributed by atoms with van der Waals surface area (Å²) < 4.78 is 1.78. The molecular weight excluding hydrogens is 307 g/mol. The molecule has 0 atom stereocenters. The van der Waals surface area contributed by atoms with Crippen molar-refractivity contribution in [1.82, 2.24) is 19.6 Å². The highest BCUT2D eigenvalue weighted by atomic mass is 35.5. The Balaban J connectivity index is 2.34. The highest BCUT2D eigenvalue weighted by molar-refractivity contribution is 6.35. The predicted molar refractivity (Wildman–Crippen MR) is 76.0 cm³/mol. The minimum absolute atomic E-state index is 0.376. The molecule has 0 saturated heterocycles. The summed E-state index contributed by atoms with van der Waals surface area (Å²) in [6, 6.07) is 6.83. The quantitative estimate of drug-likeness (QED) is 0.636. The minimum atomic E-state index is 0.376. The standard InChI is InChI=1S/C12H7Cl3N4/c1-6-16-10(15)5-11-17-18-12(19(6)11)8-4-7(13)2-3-9(8)14/h2-5H,1H3. The van der Waals surface area contributed by atoms with E-state index in [1.165, 1.54) is 0 Å². The first-order valence-corrected chi connectivity index (χ1v) is 6.53. The molecule has 0 spiro atoms. The third-order valence-electron chi connectivity index (χ3n) is 2.70. The molecule has 2 heterocycles. The van der Waals surface area contributed by atoms with Crippen LogP contribution in [0.2, 0.25) is 15.2 Å². The summed E-state index contributed by atoms with van der Waals surface area (Å²) in [5.74, 6) is 1.27. The van der Waals surface area contributed by atoms with Gasteiger partial charge in [0.2, 0.25) is 0 Å². The molecule has 0 N–H and O–H groups in total. The molecule has 2 aromatic heterocycles. The lowest BCUT2D eigenvalue weighted by Gasteiger charge is -2.05. The summed E-state index contributed by atoms with van der Waals surface area (Å²) >= 11 is 18.1. The number of nitrogens with zero attached hydrogens (tertiary/aromatic N) is 4. The second-order valence-corrected chi connectivity index (χ2v) is 5.20. The van der Waals surface area contributed by atoms with Crippen molar-refractivity contribution in [3.8, 4) is 11.4 Å². The van der Waals surface area contributed by atoms with E-state index in [4.69, 9.17) is 34.8 Å². The van der Waals surface area contributed by atoms with Gasteiger partial charge in [-0.15, -0.1) is 10.2 Å². The molecule has 3 aromatic rings. The van der Waals surface area contributed by atoms with Gasteiger partial charge in [-0.3, -0.25) is 4.40 Å². The number of hydrogen-bond acceptors (Lipinski definition) is 3. The van der Waals surface area contributed by atoms with Gasteiger partial charge in [0.25, 0.3) is 0 Å². The molecule has 0 amide bonds. The monoisotopic (exact) mass is 312 g/mol. The Labute approximate surface area is 124 Å². The maximum absolute atomic E-state index is 6.19. The zero-order valence-corrected chi connectivity index (χ0v) is 12.0. The van der Waals surface area contributed by atoms with E-state index in [1.54, 1.807) is 28.7 Å². The molecule has 0 fully saturated rings. The average molecular weight is 314 g/mol. The second kappa shape index (κ2) is 4.63. The molecule has 0 radical (unpaired) electrons. The highest BCUT2D eigenvalue weighted by Crippen LogP contribution is 2.30. The molecule has 0 unspecified atom stereocenters. The van der Waals surface area contributed by atoms with Gasteiger partial charge < -0.3 is 0 Å². The summed E-state index contributed by atoms with van der Waals surface area (Å²) in [7, 11) is 0. The van der Waals surface area contributed by atoms with Gasteiger partial charge in [-0.05, 0) is 25.1 Å². The van der Waals surface area contributed by atoms with Crippen molar-refractivity contribution in [1.29, 1.82) is 0 Å². The van der Waals surface area contributed by atoms with Crippen LogP contribution in [0.5, 0.6) is 0 Å². The van der Waals surface area contributed by atoms with Crippen LogP contribution in [0.3, 0.4) is 0 Å². The normalized spacial score (nSPS) is 11.2. The maximum Gasteiger partial charge on any atom is 0.171 e. The third-order valence-corrected chi connectivity index (χ3v) is 3.46. The summed E-state index contributed by atoms with van der Waals surface area (Å²) in [4.78, 5) is 4.18. The van der Waals surface area contributed by atoms with Gasteiger partial charge in [-0.1, -0.05) is 34.8 Å². The Morgan fingerprint density at radius 3 is 2.63 bits per heavy atom. The van der Waals surface area contributed by atoms with Gasteiger partial charge in [-0.25, -0.2) is 4.98 Å². The van der Waals surface area contributed by atoms with E-state index in [0.29, 0.717) is 38.1 Å². The van der Waals surface area contributed by atoms with Crippen LogP contribution in [0.15, 0.2) is 24.3 Å². The SMILES string of the molecule is Cc1nc(Cl)cc2nnc(-c3cc(Cl)ccc3Cl)n12. The van der Waals surface area contributed by atoms with E-state index in [-0.39, 0.29) is 0 Å². The fraction of sp³-hybridized carbons (Fsp3) is 0.0833. The zero-order valence-electron chi connectivity index (χ0n) is 9.73. The number of aromatic nitrogens is 4. The fourth-order valence-corrected chi connectivity index (χ4v) is 2.49. The Morgan fingerprint density at radius 2 is 1.84 bits per heavy atom. The number of aryl methyl sites for hydroxylation is 1. The lowest BCUT2D eigenvalue weighted by atomic mass is 10.2. The number of hydrogen-bond donors (Lipinski definition) is 0. The summed E-state index contributed by atoms with van der Waals surface area (Å²) in [5.41, 5.74) is 1.32. The van der Waals surface area contributed by atoms with Crippen LogP contribution in [0.25, 0.3) is 17.0 Å². The van der Waals surface area contributed by atoms with E-state index >= 15 is 0 Å². The molecule has 0 saturated carbocycles. The lowest BCUT2D eigenvalue weighted by Crippen LogP contribution is -1.98. The molecule has 1 aromatic carbocycles. The summed E-state index contributed by atoms with van der Waals surface area (Å²) in [6.45, 7) is 1.82. The van der Waals surface area contributed by atoms with Crippen LogP contribution in [0.1, 0.15) is 5.82 Å². The number of halogens is 3. The topological polar surface area (TPSA) is 43.1 Å². The van der Waals surface area contributed by atoms with Crippen molar-refractivity contribution >= 4 is 40.4 Å². The third kappa shape index (κ3) is 2.16. The predicted octanol–water partition coefficient (Wildman–Crippen LogP) is 4.06.